The van der Waals surface area contributed by atoms with Crippen LogP contribution in [0, 0.1) is 0 Å². The Morgan fingerprint density at radius 3 is 1.56 bits per heavy atom. The van der Waals surface area contributed by atoms with Crippen molar-refractivity contribution in [2.45, 2.75) is 61.6 Å². The zero-order valence-electron chi connectivity index (χ0n) is 27.9. The molecular formula is C32H34Cl2N8O6S2. The molecule has 4 heterocycles. The fourth-order valence-corrected chi connectivity index (χ4v) is 7.19. The molecule has 4 aromatic heterocycles. The fourth-order valence-electron chi connectivity index (χ4n) is 5.00. The summed E-state index contributed by atoms with van der Waals surface area (Å²) in [6, 6.07) is 14.3. The highest BCUT2D eigenvalue weighted by atomic mass is 35.5. The van der Waals surface area contributed by atoms with Gasteiger partial charge in [-0.2, -0.15) is 4.98 Å². The molecule has 0 atom stereocenters. The van der Waals surface area contributed by atoms with Crippen molar-refractivity contribution in [3.05, 3.63) is 111 Å². The molecule has 0 radical (unpaired) electrons. The third-order valence-corrected chi connectivity index (χ3v) is 11.2. The van der Waals surface area contributed by atoms with Crippen molar-refractivity contribution >= 4 is 67.1 Å². The topological polar surface area (TPSA) is 180 Å². The van der Waals surface area contributed by atoms with Crippen LogP contribution in [0.15, 0.2) is 78.0 Å². The summed E-state index contributed by atoms with van der Waals surface area (Å²) in [5, 5.41) is 1.22. The Hall–Kier alpha value is -4.38. The number of hydrogen-bond donors (Lipinski definition) is 2. The Bertz CT molecular complexity index is 2560. The number of thioether (sulfide) groups is 1. The van der Waals surface area contributed by atoms with Crippen LogP contribution < -0.4 is 22.5 Å². The fraction of sp³-hybridized carbons (Fsp3) is 0.312. The number of benzene rings is 2. The second-order valence-corrected chi connectivity index (χ2v) is 16.8. The van der Waals surface area contributed by atoms with E-state index in [1.807, 2.05) is 28.8 Å². The first-order chi connectivity index (χ1) is 23.5. The molecule has 2 N–H and O–H groups in total. The van der Waals surface area contributed by atoms with E-state index in [0.717, 1.165) is 15.7 Å². The number of rotatable bonds is 8. The summed E-state index contributed by atoms with van der Waals surface area (Å²) < 4.78 is 31.2. The van der Waals surface area contributed by atoms with E-state index in [2.05, 4.69) is 33.8 Å². The van der Waals surface area contributed by atoms with E-state index >= 15 is 0 Å². The lowest BCUT2D eigenvalue weighted by Crippen LogP contribution is -2.29. The summed E-state index contributed by atoms with van der Waals surface area (Å²) in [4.78, 5) is 61.6. The maximum Gasteiger partial charge on any atom is 0.329 e. The third-order valence-electron chi connectivity index (χ3n) is 7.67. The number of aryl methyl sites for hydroxylation is 2. The van der Waals surface area contributed by atoms with E-state index in [1.165, 1.54) is 30.0 Å². The van der Waals surface area contributed by atoms with Gasteiger partial charge in [0.05, 0.1) is 18.3 Å². The second-order valence-electron chi connectivity index (χ2n) is 12.0. The predicted molar refractivity (Wildman–Crippen MR) is 196 cm³/mol. The smallest absolute Gasteiger partial charge is 0.309 e. The highest BCUT2D eigenvalue weighted by Gasteiger charge is 2.29. The van der Waals surface area contributed by atoms with Gasteiger partial charge in [-0.25, -0.2) is 23.0 Å². The summed E-state index contributed by atoms with van der Waals surface area (Å²) in [6.07, 6.45) is 0. The van der Waals surface area contributed by atoms with Crippen molar-refractivity contribution in [1.82, 2.24) is 38.2 Å². The third kappa shape index (κ3) is 7.38. The van der Waals surface area contributed by atoms with Crippen LogP contribution >= 0.6 is 35.0 Å². The van der Waals surface area contributed by atoms with Crippen molar-refractivity contribution in [2.75, 3.05) is 0 Å². The molecule has 0 amide bonds. The number of imidazole rings is 2. The number of hydrogen-bond acceptors (Lipinski definition) is 9. The number of H-pyrrole nitrogens is 2. The van der Waals surface area contributed by atoms with Crippen LogP contribution in [0.4, 0.5) is 0 Å². The number of halogens is 2. The van der Waals surface area contributed by atoms with Gasteiger partial charge in [-0.1, -0.05) is 73.1 Å². The maximum absolute atomic E-state index is 12.8. The SMILES string of the molecule is CC(C)S(=O)(=O)c1nc2c(c(=O)[nH]c(=O)n2C)n1Cc1ccc(Cl)cc1.CC(C)Sc1nc2c(c(=O)[nH]c(=O)n2C)n1Cc1ccc(Cl)cc1. The van der Waals surface area contributed by atoms with Crippen molar-refractivity contribution < 1.29 is 8.42 Å². The highest BCUT2D eigenvalue weighted by molar-refractivity contribution is 7.99. The van der Waals surface area contributed by atoms with Crippen molar-refractivity contribution in [1.29, 1.82) is 0 Å². The molecule has 6 rings (SSSR count). The molecular weight excluding hydrogens is 727 g/mol. The number of nitrogens with zero attached hydrogens (tertiary/aromatic N) is 6. The molecule has 0 fully saturated rings. The van der Waals surface area contributed by atoms with E-state index in [4.69, 9.17) is 23.2 Å². The van der Waals surface area contributed by atoms with E-state index < -0.39 is 37.6 Å². The lowest BCUT2D eigenvalue weighted by Gasteiger charge is -2.11. The van der Waals surface area contributed by atoms with Gasteiger partial charge < -0.3 is 9.13 Å². The van der Waals surface area contributed by atoms with Gasteiger partial charge in [0.25, 0.3) is 11.1 Å². The number of aromatic nitrogens is 8. The summed E-state index contributed by atoms with van der Waals surface area (Å²) in [6.45, 7) is 7.75. The van der Waals surface area contributed by atoms with E-state index in [9.17, 15) is 27.6 Å². The molecule has 0 aliphatic carbocycles. The van der Waals surface area contributed by atoms with Crippen LogP contribution in [-0.4, -0.2) is 57.1 Å². The molecule has 0 spiro atoms. The Morgan fingerprint density at radius 2 is 1.12 bits per heavy atom. The summed E-state index contributed by atoms with van der Waals surface area (Å²) in [5.74, 6) is 0. The van der Waals surface area contributed by atoms with Gasteiger partial charge in [-0.3, -0.25) is 28.7 Å². The molecule has 0 aliphatic heterocycles. The molecule has 264 valence electrons. The van der Waals surface area contributed by atoms with E-state index in [0.29, 0.717) is 38.2 Å². The van der Waals surface area contributed by atoms with Crippen LogP contribution in [0.5, 0.6) is 0 Å². The van der Waals surface area contributed by atoms with Crippen molar-refractivity contribution in [3.8, 4) is 0 Å². The minimum atomic E-state index is -3.79. The summed E-state index contributed by atoms with van der Waals surface area (Å²) >= 11 is 13.4. The average molecular weight is 762 g/mol. The first kappa shape index (κ1) is 36.9. The molecule has 0 unspecified atom stereocenters. The van der Waals surface area contributed by atoms with Gasteiger partial charge >= 0.3 is 11.4 Å². The molecule has 0 saturated heterocycles. The second kappa shape index (κ2) is 14.5. The zero-order valence-corrected chi connectivity index (χ0v) is 31.0. The molecule has 0 saturated carbocycles. The average Bonchev–Trinajstić information content (AvgIpc) is 3.61. The monoisotopic (exact) mass is 760 g/mol. The normalized spacial score (nSPS) is 11.9. The van der Waals surface area contributed by atoms with Crippen LogP contribution in [0.1, 0.15) is 38.8 Å². The quantitative estimate of drug-likeness (QED) is 0.218. The number of sulfone groups is 1. The van der Waals surface area contributed by atoms with Gasteiger partial charge in [0.2, 0.25) is 15.0 Å². The van der Waals surface area contributed by atoms with Gasteiger partial charge in [0, 0.05) is 29.4 Å². The number of aromatic amines is 2. The number of fused-ring (bicyclic) bond motifs is 2. The first-order valence-corrected chi connectivity index (χ1v) is 18.5. The van der Waals surface area contributed by atoms with Gasteiger partial charge in [0.1, 0.15) is 0 Å². The highest BCUT2D eigenvalue weighted by Crippen LogP contribution is 2.26. The number of nitrogens with one attached hydrogen (secondary N) is 2. The van der Waals surface area contributed by atoms with Gasteiger partial charge in [-0.15, -0.1) is 0 Å². The lowest BCUT2D eigenvalue weighted by molar-refractivity contribution is 0.566. The summed E-state index contributed by atoms with van der Waals surface area (Å²) in [5.41, 5.74) is 0.334. The van der Waals surface area contributed by atoms with Crippen LogP contribution in [0.2, 0.25) is 10.0 Å². The minimum absolute atomic E-state index is 0.0203. The Morgan fingerprint density at radius 1 is 0.700 bits per heavy atom. The van der Waals surface area contributed by atoms with E-state index in [-0.39, 0.29) is 22.9 Å². The molecule has 2 aromatic carbocycles. The largest absolute Gasteiger partial charge is 0.329 e. The molecule has 0 aliphatic rings. The van der Waals surface area contributed by atoms with Crippen LogP contribution in [0.25, 0.3) is 22.3 Å². The van der Waals surface area contributed by atoms with Crippen molar-refractivity contribution in [2.24, 2.45) is 14.1 Å². The van der Waals surface area contributed by atoms with Crippen LogP contribution in [-0.2, 0) is 37.0 Å². The molecule has 14 nitrogen and oxygen atoms in total. The standard InChI is InChI=1S/C16H17ClN4O4S.C16H17ClN4O2S/c1-9(2)26(24,25)16-18-13-12(14(22)19-15(23)20(13)3)21(16)8-10-4-6-11(17)7-5-10;1-9(2)24-16-18-13-12(14(22)19-15(23)20(13)3)21(16)8-10-4-6-11(17)7-5-10/h4-7,9H,8H2,1-3H3,(H,19,22,23);4-7,9H,8H2,1-3H3,(H,19,22,23). The zero-order chi connectivity index (χ0) is 36.7. The van der Waals surface area contributed by atoms with Crippen LogP contribution in [0.3, 0.4) is 0 Å². The van der Waals surface area contributed by atoms with Gasteiger partial charge in [-0.05, 0) is 49.2 Å². The Balaban J connectivity index is 0.000000195. The molecule has 0 bridgehead atoms. The van der Waals surface area contributed by atoms with E-state index in [1.54, 1.807) is 43.1 Å². The molecule has 18 heteroatoms. The Kier molecular flexibility index (Phi) is 10.7. The lowest BCUT2D eigenvalue weighted by atomic mass is 10.2. The minimum Gasteiger partial charge on any atom is -0.309 e. The maximum atomic E-state index is 12.8. The summed E-state index contributed by atoms with van der Waals surface area (Å²) in [7, 11) is -0.763. The van der Waals surface area contributed by atoms with Crippen molar-refractivity contribution in [3.63, 3.8) is 0 Å². The predicted octanol–water partition coefficient (Wildman–Crippen LogP) is 3.93. The Labute approximate surface area is 299 Å². The first-order valence-electron chi connectivity index (χ1n) is 15.3. The molecule has 6 aromatic rings. The van der Waals surface area contributed by atoms with Gasteiger partial charge in [0.15, 0.2) is 27.5 Å². The molecule has 50 heavy (non-hydrogen) atoms.